The molecule has 19 heavy (non-hydrogen) atoms. The predicted molar refractivity (Wildman–Crippen MR) is 81.5 cm³/mol. The van der Waals surface area contributed by atoms with E-state index < -0.39 is 13.2 Å². The zero-order valence-corrected chi connectivity index (χ0v) is 14.8. The van der Waals surface area contributed by atoms with Gasteiger partial charge in [0.05, 0.1) is 19.8 Å². The van der Waals surface area contributed by atoms with Crippen LogP contribution in [0.5, 0.6) is 0 Å². The Morgan fingerprint density at radius 2 is 1.21 bits per heavy atom. The molecule has 0 aromatic heterocycles. The molecule has 0 aliphatic heterocycles. The zero-order valence-electron chi connectivity index (χ0n) is 10.1. The van der Waals surface area contributed by atoms with Crippen LogP contribution in [0.25, 0.3) is 0 Å². The van der Waals surface area contributed by atoms with Gasteiger partial charge in [0, 0.05) is 34.8 Å². The highest BCUT2D eigenvalue weighted by atomic mass is 35.5. The van der Waals surface area contributed by atoms with Crippen LogP contribution in [0.4, 0.5) is 0 Å². The molecule has 0 fully saturated rings. The molecule has 0 atom stereocenters. The number of phosphoric ester groups is 1. The van der Waals surface area contributed by atoms with Crippen molar-refractivity contribution >= 4 is 65.8 Å². The second-order valence-electron chi connectivity index (χ2n) is 3.67. The van der Waals surface area contributed by atoms with Gasteiger partial charge < -0.3 is 0 Å². The summed E-state index contributed by atoms with van der Waals surface area (Å²) in [5.41, 5.74) is -0.699. The van der Waals surface area contributed by atoms with Gasteiger partial charge in [-0.2, -0.15) is 0 Å². The molecule has 0 radical (unpaired) electrons. The third-order valence-electron chi connectivity index (χ3n) is 2.03. The lowest BCUT2D eigenvalue weighted by Crippen LogP contribution is -2.33. The number of phosphoric acid groups is 1. The lowest BCUT2D eigenvalue weighted by Gasteiger charge is -2.28. The summed E-state index contributed by atoms with van der Waals surface area (Å²) < 4.78 is 27.4. The van der Waals surface area contributed by atoms with E-state index in [0.29, 0.717) is 0 Å². The van der Waals surface area contributed by atoms with Gasteiger partial charge in [0.2, 0.25) is 0 Å². The first kappa shape index (κ1) is 20.6. The number of halogens is 5. The second-order valence-corrected chi connectivity index (χ2v) is 6.89. The highest BCUT2D eigenvalue weighted by molar-refractivity contribution is 7.48. The molecule has 0 aromatic rings. The van der Waals surface area contributed by atoms with E-state index in [9.17, 15) is 4.57 Å². The summed E-state index contributed by atoms with van der Waals surface area (Å²) in [5.74, 6) is 0.785. The average molecular weight is 396 g/mol. The first-order valence-corrected chi connectivity index (χ1v) is 9.48. The fourth-order valence-corrected chi connectivity index (χ4v) is 3.59. The topological polar surface area (TPSA) is 44.8 Å². The van der Waals surface area contributed by atoms with Crippen molar-refractivity contribution in [2.45, 2.75) is 0 Å². The van der Waals surface area contributed by atoms with Crippen molar-refractivity contribution in [2.75, 3.05) is 49.2 Å². The Kier molecular flexibility index (Phi) is 12.1. The lowest BCUT2D eigenvalue weighted by atomic mass is 9.98. The van der Waals surface area contributed by atoms with Gasteiger partial charge in [0.15, 0.2) is 0 Å². The molecular formula is C9H16Cl5O4P. The number of alkyl halides is 5. The summed E-state index contributed by atoms with van der Waals surface area (Å²) >= 11 is 28.3. The van der Waals surface area contributed by atoms with E-state index in [4.69, 9.17) is 71.6 Å². The maximum absolute atomic E-state index is 12.2. The maximum Gasteiger partial charge on any atom is 0.474 e. The maximum atomic E-state index is 12.2. The predicted octanol–water partition coefficient (Wildman–Crippen LogP) is 4.32. The van der Waals surface area contributed by atoms with Gasteiger partial charge in [0.25, 0.3) is 0 Å². The fraction of sp³-hybridized carbons (Fsp3) is 1.00. The SMILES string of the molecule is O=P(OCCCl)(OCCCl)OCC(CCl)(CCl)CCl. The Morgan fingerprint density at radius 1 is 0.789 bits per heavy atom. The minimum absolute atomic E-state index is 0.0245. The van der Waals surface area contributed by atoms with Crippen molar-refractivity contribution in [1.29, 1.82) is 0 Å². The molecule has 0 bridgehead atoms. The molecule has 4 nitrogen and oxygen atoms in total. The Hall–Kier alpha value is 1.56. The normalized spacial score (nSPS) is 12.9. The van der Waals surface area contributed by atoms with E-state index in [1.54, 1.807) is 0 Å². The summed E-state index contributed by atoms with van der Waals surface area (Å²) in [6, 6.07) is 0. The highest BCUT2D eigenvalue weighted by Gasteiger charge is 2.34. The van der Waals surface area contributed by atoms with Gasteiger partial charge in [-0.05, 0) is 0 Å². The van der Waals surface area contributed by atoms with Crippen molar-refractivity contribution in [1.82, 2.24) is 0 Å². The molecule has 0 saturated carbocycles. The Morgan fingerprint density at radius 3 is 1.53 bits per heavy atom. The summed E-state index contributed by atoms with van der Waals surface area (Å²) in [4.78, 5) is 0. The highest BCUT2D eigenvalue weighted by Crippen LogP contribution is 2.50. The van der Waals surface area contributed by atoms with Crippen LogP contribution in [0, 0.1) is 5.41 Å². The third kappa shape index (κ3) is 7.94. The Balaban J connectivity index is 4.58. The van der Waals surface area contributed by atoms with E-state index >= 15 is 0 Å². The summed E-state index contributed by atoms with van der Waals surface area (Å²) in [7, 11) is -3.73. The fourth-order valence-electron chi connectivity index (χ4n) is 0.843. The zero-order chi connectivity index (χ0) is 14.8. The standard InChI is InChI=1S/C9H16Cl5O4P/c10-1-3-16-19(15,17-4-2-11)18-8-9(5-12,6-13)7-14/h1-8H2. The molecule has 0 unspecified atom stereocenters. The first-order valence-electron chi connectivity index (χ1n) is 5.35. The van der Waals surface area contributed by atoms with Crippen LogP contribution in [0.15, 0.2) is 0 Å². The van der Waals surface area contributed by atoms with Crippen molar-refractivity contribution < 1.29 is 18.1 Å². The van der Waals surface area contributed by atoms with Crippen LogP contribution in [0.3, 0.4) is 0 Å². The van der Waals surface area contributed by atoms with Crippen molar-refractivity contribution in [3.05, 3.63) is 0 Å². The van der Waals surface area contributed by atoms with Crippen LogP contribution >= 0.6 is 65.8 Å². The number of hydrogen-bond acceptors (Lipinski definition) is 4. The molecular weight excluding hydrogens is 380 g/mol. The first-order chi connectivity index (χ1) is 9.01. The Labute approximate surface area is 138 Å². The molecule has 0 saturated heterocycles. The number of hydrogen-bond donors (Lipinski definition) is 0. The summed E-state index contributed by atoms with van der Waals surface area (Å²) in [6.45, 7) is -0.00115. The largest absolute Gasteiger partial charge is 0.474 e. The average Bonchev–Trinajstić information content (AvgIpc) is 2.45. The molecule has 0 heterocycles. The van der Waals surface area contributed by atoms with E-state index in [1.807, 2.05) is 0 Å². The van der Waals surface area contributed by atoms with E-state index in [0.717, 1.165) is 0 Å². The van der Waals surface area contributed by atoms with E-state index in [1.165, 1.54) is 0 Å². The van der Waals surface area contributed by atoms with E-state index in [2.05, 4.69) is 0 Å². The van der Waals surface area contributed by atoms with Crippen molar-refractivity contribution in [2.24, 2.45) is 5.41 Å². The van der Waals surface area contributed by atoms with Crippen LogP contribution in [-0.4, -0.2) is 49.2 Å². The monoisotopic (exact) mass is 394 g/mol. The van der Waals surface area contributed by atoms with Crippen LogP contribution < -0.4 is 0 Å². The minimum atomic E-state index is -3.73. The van der Waals surface area contributed by atoms with Crippen LogP contribution in [0.1, 0.15) is 0 Å². The summed E-state index contributed by atoms with van der Waals surface area (Å²) in [6.07, 6.45) is 0. The number of rotatable bonds is 12. The van der Waals surface area contributed by atoms with Gasteiger partial charge in [-0.3, -0.25) is 13.6 Å². The van der Waals surface area contributed by atoms with Gasteiger partial charge in [0.1, 0.15) is 0 Å². The molecule has 116 valence electrons. The van der Waals surface area contributed by atoms with Gasteiger partial charge >= 0.3 is 7.82 Å². The van der Waals surface area contributed by atoms with Crippen molar-refractivity contribution in [3.8, 4) is 0 Å². The minimum Gasteiger partial charge on any atom is -0.286 e. The molecule has 0 N–H and O–H groups in total. The summed E-state index contributed by atoms with van der Waals surface area (Å²) in [5, 5.41) is 0. The quantitative estimate of drug-likeness (QED) is 0.364. The third-order valence-corrected chi connectivity index (χ3v) is 5.48. The molecule has 10 heteroatoms. The molecule has 0 aliphatic rings. The van der Waals surface area contributed by atoms with Crippen molar-refractivity contribution in [3.63, 3.8) is 0 Å². The molecule has 0 amide bonds. The van der Waals surface area contributed by atoms with Gasteiger partial charge in [-0.15, -0.1) is 58.0 Å². The molecule has 0 aliphatic carbocycles. The molecule has 0 rings (SSSR count). The lowest BCUT2D eigenvalue weighted by molar-refractivity contribution is 0.0951. The van der Waals surface area contributed by atoms with Gasteiger partial charge in [-0.25, -0.2) is 4.57 Å². The smallest absolute Gasteiger partial charge is 0.286 e. The van der Waals surface area contributed by atoms with Crippen LogP contribution in [0.2, 0.25) is 0 Å². The Bertz CT molecular complexity index is 257. The molecule has 0 spiro atoms. The molecule has 0 aromatic carbocycles. The van der Waals surface area contributed by atoms with Crippen LogP contribution in [-0.2, 0) is 18.1 Å². The van der Waals surface area contributed by atoms with Gasteiger partial charge in [-0.1, -0.05) is 0 Å². The second kappa shape index (κ2) is 11.2. The van der Waals surface area contributed by atoms with E-state index in [-0.39, 0.29) is 49.2 Å².